The molecule has 0 heterocycles. The summed E-state index contributed by atoms with van der Waals surface area (Å²) in [5, 5.41) is 30.8. The van der Waals surface area contributed by atoms with Gasteiger partial charge in [0.2, 0.25) is 0 Å². The van der Waals surface area contributed by atoms with Gasteiger partial charge in [-0.2, -0.15) is 0 Å². The minimum Gasteiger partial charge on any atom is -0.480 e. The molecule has 0 aliphatic carbocycles. The summed E-state index contributed by atoms with van der Waals surface area (Å²) in [6, 6.07) is 3.55. The lowest BCUT2D eigenvalue weighted by molar-refractivity contribution is -0.422. The number of nitro benzene ring substituents is 2. The molecule has 2 N–H and O–H groups in total. The van der Waals surface area contributed by atoms with Gasteiger partial charge in [-0.1, -0.05) is 17.7 Å². The predicted octanol–water partition coefficient (Wildman–Crippen LogP) is 1.45. The Morgan fingerprint density at radius 1 is 1.37 bits per heavy atom. The Labute approximate surface area is 112 Å². The van der Waals surface area contributed by atoms with Crippen LogP contribution in [0.4, 0.5) is 11.4 Å². The number of hydrogen-bond acceptors (Lipinski definition) is 6. The van der Waals surface area contributed by atoms with Gasteiger partial charge in [0, 0.05) is 6.07 Å². The summed E-state index contributed by atoms with van der Waals surface area (Å²) in [7, 11) is 1.59. The smallest absolute Gasteiger partial charge is 0.364 e. The van der Waals surface area contributed by atoms with E-state index < -0.39 is 27.2 Å². The van der Waals surface area contributed by atoms with E-state index in [2.05, 4.69) is 5.32 Å². The van der Waals surface area contributed by atoms with E-state index in [1.54, 1.807) is 7.05 Å². The van der Waals surface area contributed by atoms with Gasteiger partial charge in [-0.25, -0.2) is 0 Å². The van der Waals surface area contributed by atoms with Crippen LogP contribution in [-0.2, 0) is 4.79 Å². The second-order valence-electron chi connectivity index (χ2n) is 3.05. The fourth-order valence-corrected chi connectivity index (χ4v) is 1.22. The number of hydrogen-bond donors (Lipinski definition) is 2. The molecule has 19 heavy (non-hydrogen) atoms. The lowest BCUT2D eigenvalue weighted by atomic mass is 10.3. The zero-order valence-corrected chi connectivity index (χ0v) is 10.5. The number of carboxylic acid groups (broad SMARTS) is 1. The Morgan fingerprint density at radius 3 is 2.21 bits per heavy atom. The third-order valence-corrected chi connectivity index (χ3v) is 1.98. The average Bonchev–Trinajstić information content (AvgIpc) is 2.28. The van der Waals surface area contributed by atoms with E-state index in [1.807, 2.05) is 0 Å². The predicted molar refractivity (Wildman–Crippen MR) is 66.3 cm³/mol. The van der Waals surface area contributed by atoms with E-state index in [0.29, 0.717) is 0 Å². The van der Waals surface area contributed by atoms with Crippen molar-refractivity contribution in [1.82, 2.24) is 5.32 Å². The molecule has 0 amide bonds. The molecule has 0 spiro atoms. The molecule has 1 aromatic rings. The summed E-state index contributed by atoms with van der Waals surface area (Å²) in [6.07, 6.45) is 0. The number of nitrogens with one attached hydrogen (secondary N) is 1. The monoisotopic (exact) mass is 291 g/mol. The lowest BCUT2D eigenvalue weighted by Crippen LogP contribution is -2.16. The fraction of sp³-hybridized carbons (Fsp3) is 0.222. The van der Waals surface area contributed by atoms with E-state index in [0.717, 1.165) is 6.07 Å². The van der Waals surface area contributed by atoms with Gasteiger partial charge in [-0.05, 0) is 13.1 Å². The Morgan fingerprint density at radius 2 is 1.95 bits per heavy atom. The lowest BCUT2D eigenvalue weighted by Gasteiger charge is -1.95. The van der Waals surface area contributed by atoms with E-state index in [9.17, 15) is 25.0 Å². The Hall–Kier alpha value is -2.26. The van der Waals surface area contributed by atoms with Gasteiger partial charge in [-0.15, -0.1) is 0 Å². The van der Waals surface area contributed by atoms with Crippen LogP contribution in [0.25, 0.3) is 0 Å². The van der Waals surface area contributed by atoms with E-state index in [1.165, 1.54) is 12.1 Å². The zero-order chi connectivity index (χ0) is 15.0. The highest BCUT2D eigenvalue weighted by Gasteiger charge is 2.26. The first kappa shape index (κ1) is 16.7. The van der Waals surface area contributed by atoms with Crippen molar-refractivity contribution < 1.29 is 19.7 Å². The van der Waals surface area contributed by atoms with Crippen LogP contribution in [-0.4, -0.2) is 34.5 Å². The highest BCUT2D eigenvalue weighted by atomic mass is 35.5. The molecule has 1 aromatic carbocycles. The highest BCUT2D eigenvalue weighted by molar-refractivity contribution is 6.33. The molecule has 1 rings (SSSR count). The second kappa shape index (κ2) is 7.95. The summed E-state index contributed by atoms with van der Waals surface area (Å²) in [5.41, 5.74) is -1.27. The van der Waals surface area contributed by atoms with Crippen LogP contribution in [0, 0.1) is 20.2 Å². The molecular weight excluding hydrogens is 282 g/mol. The molecule has 0 aliphatic rings. The van der Waals surface area contributed by atoms with Gasteiger partial charge >= 0.3 is 17.3 Å². The number of para-hydroxylation sites is 1. The Kier molecular flexibility index (Phi) is 7.00. The summed E-state index contributed by atoms with van der Waals surface area (Å²) in [6.45, 7) is 0.0417. The van der Waals surface area contributed by atoms with Gasteiger partial charge in [0.05, 0.1) is 16.4 Å². The quantitative estimate of drug-likeness (QED) is 0.632. The number of halogens is 1. The normalized spacial score (nSPS) is 9.16. The number of carbonyl (C=O) groups is 1. The summed E-state index contributed by atoms with van der Waals surface area (Å²) >= 11 is 5.42. The van der Waals surface area contributed by atoms with Crippen molar-refractivity contribution in [1.29, 1.82) is 0 Å². The van der Waals surface area contributed by atoms with Crippen molar-refractivity contribution in [2.24, 2.45) is 0 Å². The van der Waals surface area contributed by atoms with Crippen molar-refractivity contribution in [2.75, 3.05) is 13.6 Å². The van der Waals surface area contributed by atoms with Crippen molar-refractivity contribution in [3.8, 4) is 0 Å². The van der Waals surface area contributed by atoms with Crippen molar-refractivity contribution in [3.63, 3.8) is 0 Å². The number of rotatable bonds is 4. The molecule has 0 fully saturated rings. The molecule has 0 saturated carbocycles. The van der Waals surface area contributed by atoms with E-state index >= 15 is 0 Å². The number of carboxylic acids is 1. The maximum atomic E-state index is 10.4. The van der Waals surface area contributed by atoms with Crippen molar-refractivity contribution in [3.05, 3.63) is 43.5 Å². The summed E-state index contributed by atoms with van der Waals surface area (Å²) in [5.74, 6) is -0.822. The number of nitrogens with zero attached hydrogens (tertiary/aromatic N) is 2. The number of aliphatic carboxylic acids is 1. The van der Waals surface area contributed by atoms with Crippen LogP contribution in [0.3, 0.4) is 0 Å². The zero-order valence-electron chi connectivity index (χ0n) is 9.70. The van der Waals surface area contributed by atoms with E-state index in [-0.39, 0.29) is 11.6 Å². The molecule has 104 valence electrons. The molecule has 0 atom stereocenters. The maximum absolute atomic E-state index is 10.4. The average molecular weight is 292 g/mol. The molecule has 0 unspecified atom stereocenters. The first-order valence-electron chi connectivity index (χ1n) is 4.75. The largest absolute Gasteiger partial charge is 0.480 e. The van der Waals surface area contributed by atoms with Gasteiger partial charge < -0.3 is 10.4 Å². The SMILES string of the molecule is CNCC(=O)O.O=[N+]([O-])c1cccc(Cl)c1[N+](=O)[O-]. The molecule has 9 nitrogen and oxygen atoms in total. The molecule has 0 saturated heterocycles. The Bertz CT molecular complexity index is 493. The summed E-state index contributed by atoms with van der Waals surface area (Å²) in [4.78, 5) is 28.5. The minimum absolute atomic E-state index is 0.0417. The topological polar surface area (TPSA) is 136 Å². The molecule has 0 radical (unpaired) electrons. The van der Waals surface area contributed by atoms with Crippen LogP contribution in [0.15, 0.2) is 18.2 Å². The number of likely N-dealkylation sites (N-methyl/N-ethyl adjacent to an activating group) is 1. The van der Waals surface area contributed by atoms with Crippen molar-refractivity contribution >= 4 is 28.9 Å². The van der Waals surface area contributed by atoms with E-state index in [4.69, 9.17) is 16.7 Å². The van der Waals surface area contributed by atoms with Crippen LogP contribution >= 0.6 is 11.6 Å². The highest BCUT2D eigenvalue weighted by Crippen LogP contribution is 2.33. The summed E-state index contributed by atoms with van der Waals surface area (Å²) < 4.78 is 0. The van der Waals surface area contributed by atoms with Crippen LogP contribution in [0.5, 0.6) is 0 Å². The van der Waals surface area contributed by atoms with Gasteiger partial charge in [0.15, 0.2) is 0 Å². The molecule has 10 heteroatoms. The standard InChI is InChI=1S/C6H3ClN2O4.C3H7NO2/c7-4-2-1-3-5(8(10)11)6(4)9(12)13;1-4-2-3(5)6/h1-3H;4H,2H2,1H3,(H,5,6). The third-order valence-electron chi connectivity index (χ3n) is 1.67. The first-order valence-corrected chi connectivity index (χ1v) is 5.12. The maximum Gasteiger partial charge on any atom is 0.364 e. The molecule has 0 bridgehead atoms. The first-order chi connectivity index (χ1) is 8.81. The Balaban J connectivity index is 0.000000459. The van der Waals surface area contributed by atoms with Gasteiger partial charge in [0.1, 0.15) is 5.02 Å². The van der Waals surface area contributed by atoms with Gasteiger partial charge in [0.25, 0.3) is 0 Å². The molecular formula is C9H10ClN3O6. The van der Waals surface area contributed by atoms with Crippen LogP contribution in [0.2, 0.25) is 5.02 Å². The molecule has 0 aliphatic heterocycles. The second-order valence-corrected chi connectivity index (χ2v) is 3.45. The third kappa shape index (κ3) is 5.75. The number of nitro groups is 2. The number of benzene rings is 1. The van der Waals surface area contributed by atoms with Gasteiger partial charge in [-0.3, -0.25) is 25.0 Å². The molecule has 0 aromatic heterocycles. The van der Waals surface area contributed by atoms with Crippen molar-refractivity contribution in [2.45, 2.75) is 0 Å². The minimum atomic E-state index is -0.875. The fourth-order valence-electron chi connectivity index (χ4n) is 0.983. The van der Waals surface area contributed by atoms with Crippen LogP contribution < -0.4 is 5.32 Å². The van der Waals surface area contributed by atoms with Crippen LogP contribution in [0.1, 0.15) is 0 Å².